The van der Waals surface area contributed by atoms with Crippen LogP contribution < -0.4 is 0 Å². The minimum atomic E-state index is -4.27. The van der Waals surface area contributed by atoms with E-state index in [1.54, 1.807) is 18.2 Å². The van der Waals surface area contributed by atoms with Crippen LogP contribution in [0.4, 0.5) is 0 Å². The average molecular weight is 344 g/mol. The minimum Gasteiger partial charge on any atom is -0.481 e. The van der Waals surface area contributed by atoms with Gasteiger partial charge in [-0.15, -0.1) is 0 Å². The van der Waals surface area contributed by atoms with Crippen molar-refractivity contribution in [1.82, 2.24) is 4.98 Å². The molecule has 22 heavy (non-hydrogen) atoms. The van der Waals surface area contributed by atoms with Gasteiger partial charge < -0.3 is 14.9 Å². The normalized spacial score (nSPS) is 11.8. The fourth-order valence-electron chi connectivity index (χ4n) is 2.19. The summed E-state index contributed by atoms with van der Waals surface area (Å²) in [5.41, 5.74) is 2.14. The molecule has 0 saturated heterocycles. The first kappa shape index (κ1) is 16.9. The van der Waals surface area contributed by atoms with Gasteiger partial charge in [0.15, 0.2) is 0 Å². The third-order valence-corrected chi connectivity index (χ3v) is 4.38. The van der Waals surface area contributed by atoms with E-state index in [0.29, 0.717) is 27.2 Å². The highest BCUT2D eigenvalue weighted by molar-refractivity contribution is 7.50. The first-order chi connectivity index (χ1) is 10.2. The van der Waals surface area contributed by atoms with Gasteiger partial charge >= 0.3 is 13.6 Å². The molecule has 118 valence electrons. The van der Waals surface area contributed by atoms with E-state index in [9.17, 15) is 19.1 Å². The third-order valence-electron chi connectivity index (χ3n) is 3.22. The SMILES string of the molecule is Cc1cc2cc(CP(=O)(O)O)c(CCC(=O)O)nc2cc1Cl. The average Bonchev–Trinajstić information content (AvgIpc) is 2.36. The number of aliphatic carboxylic acids is 1. The maximum Gasteiger partial charge on any atom is 0.329 e. The van der Waals surface area contributed by atoms with Crippen molar-refractivity contribution in [3.8, 4) is 0 Å². The van der Waals surface area contributed by atoms with Gasteiger partial charge in [0.1, 0.15) is 0 Å². The molecule has 2 aromatic rings. The fourth-order valence-corrected chi connectivity index (χ4v) is 3.07. The van der Waals surface area contributed by atoms with Crippen LogP contribution in [0.2, 0.25) is 5.02 Å². The first-order valence-electron chi connectivity index (χ1n) is 6.51. The van der Waals surface area contributed by atoms with Crippen molar-refractivity contribution < 1.29 is 24.3 Å². The van der Waals surface area contributed by atoms with Crippen LogP contribution in [0.15, 0.2) is 18.2 Å². The molecular formula is C14H15ClNO5P. The lowest BCUT2D eigenvalue weighted by atomic mass is 10.1. The Morgan fingerprint density at radius 1 is 1.32 bits per heavy atom. The highest BCUT2D eigenvalue weighted by atomic mass is 35.5. The molecule has 6 nitrogen and oxygen atoms in total. The van der Waals surface area contributed by atoms with Gasteiger partial charge in [0.25, 0.3) is 0 Å². The Hall–Kier alpha value is -1.46. The summed E-state index contributed by atoms with van der Waals surface area (Å²) in [5, 5.41) is 10.0. The molecule has 0 aliphatic heterocycles. The summed E-state index contributed by atoms with van der Waals surface area (Å²) in [6, 6.07) is 5.09. The van der Waals surface area contributed by atoms with E-state index in [1.165, 1.54) is 0 Å². The van der Waals surface area contributed by atoms with Gasteiger partial charge in [-0.2, -0.15) is 0 Å². The molecule has 3 N–H and O–H groups in total. The molecule has 0 bridgehead atoms. The third kappa shape index (κ3) is 4.27. The van der Waals surface area contributed by atoms with Gasteiger partial charge in [0.05, 0.1) is 18.1 Å². The van der Waals surface area contributed by atoms with E-state index < -0.39 is 19.7 Å². The van der Waals surface area contributed by atoms with E-state index in [-0.39, 0.29) is 12.8 Å². The number of carboxylic acid groups (broad SMARTS) is 1. The Labute approximate surface area is 131 Å². The number of fused-ring (bicyclic) bond motifs is 1. The first-order valence-corrected chi connectivity index (χ1v) is 8.68. The molecule has 0 fully saturated rings. The van der Waals surface area contributed by atoms with Crippen LogP contribution in [0.3, 0.4) is 0 Å². The Bertz CT molecular complexity index is 786. The van der Waals surface area contributed by atoms with Gasteiger partial charge in [0.2, 0.25) is 0 Å². The highest BCUT2D eigenvalue weighted by Gasteiger charge is 2.19. The molecule has 0 unspecified atom stereocenters. The summed E-state index contributed by atoms with van der Waals surface area (Å²) in [4.78, 5) is 33.5. The summed E-state index contributed by atoms with van der Waals surface area (Å²) >= 11 is 6.06. The Morgan fingerprint density at radius 3 is 2.59 bits per heavy atom. The Morgan fingerprint density at radius 2 is 2.00 bits per heavy atom. The number of carbonyl (C=O) groups is 1. The number of benzene rings is 1. The number of carboxylic acids is 1. The van der Waals surface area contributed by atoms with Crippen LogP contribution >= 0.6 is 19.2 Å². The predicted molar refractivity (Wildman–Crippen MR) is 83.2 cm³/mol. The number of halogens is 1. The van der Waals surface area contributed by atoms with Gasteiger partial charge in [-0.25, -0.2) is 0 Å². The molecule has 8 heteroatoms. The van der Waals surface area contributed by atoms with Crippen LogP contribution in [0, 0.1) is 6.92 Å². The molecule has 2 rings (SSSR count). The van der Waals surface area contributed by atoms with Crippen molar-refractivity contribution in [2.24, 2.45) is 0 Å². The van der Waals surface area contributed by atoms with E-state index in [4.69, 9.17) is 16.7 Å². The molecule has 1 aromatic heterocycles. The van der Waals surface area contributed by atoms with Crippen LogP contribution in [-0.4, -0.2) is 25.8 Å². The number of nitrogens with zero attached hydrogens (tertiary/aromatic N) is 1. The Balaban J connectivity index is 2.56. The maximum atomic E-state index is 11.3. The lowest BCUT2D eigenvalue weighted by Gasteiger charge is -2.12. The molecule has 0 atom stereocenters. The number of hydrogen-bond donors (Lipinski definition) is 3. The largest absolute Gasteiger partial charge is 0.481 e. The number of rotatable bonds is 5. The number of aromatic nitrogens is 1. The van der Waals surface area contributed by atoms with E-state index in [2.05, 4.69) is 4.98 Å². The second kappa shape index (κ2) is 6.34. The summed E-state index contributed by atoms with van der Waals surface area (Å²) < 4.78 is 11.3. The van der Waals surface area contributed by atoms with Crippen molar-refractivity contribution in [2.45, 2.75) is 25.9 Å². The topological polar surface area (TPSA) is 108 Å². The lowest BCUT2D eigenvalue weighted by Crippen LogP contribution is -2.04. The van der Waals surface area contributed by atoms with Crippen LogP contribution in [0.1, 0.15) is 23.2 Å². The zero-order valence-electron chi connectivity index (χ0n) is 11.8. The summed E-state index contributed by atoms with van der Waals surface area (Å²) in [6.07, 6.45) is -0.523. The number of pyridine rings is 1. The van der Waals surface area contributed by atoms with Gasteiger partial charge in [0, 0.05) is 22.5 Å². The smallest absolute Gasteiger partial charge is 0.329 e. The standard InChI is InChI=1S/C14H15ClNO5P/c1-8-4-9-5-10(7-22(19,20)21)12(2-3-14(17)18)16-13(9)6-11(8)15/h4-6H,2-3,7H2,1H3,(H,17,18)(H2,19,20,21). The number of hydrogen-bond acceptors (Lipinski definition) is 3. The molecule has 0 amide bonds. The zero-order valence-corrected chi connectivity index (χ0v) is 13.4. The second-order valence-corrected chi connectivity index (χ2v) is 7.16. The summed E-state index contributed by atoms with van der Waals surface area (Å²) in [6.45, 7) is 1.82. The fraction of sp³-hybridized carbons (Fsp3) is 0.286. The minimum absolute atomic E-state index is 0.103. The molecule has 1 heterocycles. The number of aryl methyl sites for hydroxylation is 2. The molecule has 0 saturated carbocycles. The van der Waals surface area contributed by atoms with Gasteiger partial charge in [-0.05, 0) is 36.2 Å². The van der Waals surface area contributed by atoms with E-state index in [1.807, 2.05) is 6.92 Å². The van der Waals surface area contributed by atoms with Crippen molar-refractivity contribution in [3.63, 3.8) is 0 Å². The molecule has 0 aliphatic rings. The zero-order chi connectivity index (χ0) is 16.5. The molecule has 0 radical (unpaired) electrons. The molecule has 0 aliphatic carbocycles. The van der Waals surface area contributed by atoms with Crippen molar-refractivity contribution >= 4 is 36.1 Å². The molecule has 1 aromatic carbocycles. The van der Waals surface area contributed by atoms with Gasteiger partial charge in [-0.1, -0.05) is 11.6 Å². The van der Waals surface area contributed by atoms with E-state index in [0.717, 1.165) is 5.56 Å². The van der Waals surface area contributed by atoms with E-state index >= 15 is 0 Å². The second-order valence-electron chi connectivity index (χ2n) is 5.10. The predicted octanol–water partition coefficient (Wildman–Crippen LogP) is 2.89. The van der Waals surface area contributed by atoms with Crippen molar-refractivity contribution in [3.05, 3.63) is 40.0 Å². The summed E-state index contributed by atoms with van der Waals surface area (Å²) in [7, 11) is -4.27. The highest BCUT2D eigenvalue weighted by Crippen LogP contribution is 2.40. The van der Waals surface area contributed by atoms with Crippen LogP contribution in [0.5, 0.6) is 0 Å². The van der Waals surface area contributed by atoms with Crippen molar-refractivity contribution in [2.75, 3.05) is 0 Å². The summed E-state index contributed by atoms with van der Waals surface area (Å²) in [5.74, 6) is -0.994. The molecule has 0 spiro atoms. The molecular weight excluding hydrogens is 329 g/mol. The van der Waals surface area contributed by atoms with Crippen molar-refractivity contribution in [1.29, 1.82) is 0 Å². The van der Waals surface area contributed by atoms with Crippen LogP contribution in [0.25, 0.3) is 10.9 Å². The maximum absolute atomic E-state index is 11.3. The van der Waals surface area contributed by atoms with Crippen LogP contribution in [-0.2, 0) is 21.9 Å². The quantitative estimate of drug-likeness (QED) is 0.720. The lowest BCUT2D eigenvalue weighted by molar-refractivity contribution is -0.136. The Kier molecular flexibility index (Phi) is 4.87. The van der Waals surface area contributed by atoms with Gasteiger partial charge in [-0.3, -0.25) is 14.3 Å². The monoisotopic (exact) mass is 343 g/mol.